The quantitative estimate of drug-likeness (QED) is 0.466. The van der Waals surface area contributed by atoms with Crippen molar-refractivity contribution in [2.24, 2.45) is 0 Å². The first-order valence-corrected chi connectivity index (χ1v) is 8.30. The summed E-state index contributed by atoms with van der Waals surface area (Å²) >= 11 is 0. The Balaban J connectivity index is 1.58. The van der Waals surface area contributed by atoms with Crippen molar-refractivity contribution >= 4 is 16.6 Å². The zero-order valence-electron chi connectivity index (χ0n) is 14.0. The van der Waals surface area contributed by atoms with Gasteiger partial charge in [-0.05, 0) is 42.5 Å². The van der Waals surface area contributed by atoms with E-state index in [9.17, 15) is 5.26 Å². The van der Waals surface area contributed by atoms with E-state index in [0.717, 1.165) is 22.3 Å². The van der Waals surface area contributed by atoms with E-state index >= 15 is 0 Å². The van der Waals surface area contributed by atoms with Crippen LogP contribution in [0.2, 0.25) is 0 Å². The van der Waals surface area contributed by atoms with Gasteiger partial charge in [0.05, 0.1) is 29.0 Å². The van der Waals surface area contributed by atoms with Crippen LogP contribution in [0, 0.1) is 11.3 Å². The number of imidazole rings is 1. The zero-order valence-corrected chi connectivity index (χ0v) is 14.0. The molecule has 1 aromatic carbocycles. The summed E-state index contributed by atoms with van der Waals surface area (Å²) in [4.78, 5) is 8.56. The minimum Gasteiger partial charge on any atom is -0.464 e. The highest BCUT2D eigenvalue weighted by atomic mass is 16.5. The lowest BCUT2D eigenvalue weighted by molar-refractivity contribution is 0.468. The smallest absolute Gasteiger partial charge is 0.230 e. The number of pyridine rings is 2. The molecule has 0 unspecified atom stereocenters. The predicted octanol–water partition coefficient (Wildman–Crippen LogP) is 4.81. The number of benzene rings is 1. The van der Waals surface area contributed by atoms with E-state index in [1.165, 1.54) is 0 Å². The lowest BCUT2D eigenvalue weighted by Crippen LogP contribution is -1.94. The molecule has 4 heterocycles. The van der Waals surface area contributed by atoms with Crippen LogP contribution in [-0.4, -0.2) is 14.4 Å². The lowest BCUT2D eigenvalue weighted by Gasteiger charge is -2.10. The molecule has 128 valence electrons. The van der Waals surface area contributed by atoms with Gasteiger partial charge in [-0.25, -0.2) is 9.97 Å². The van der Waals surface area contributed by atoms with Crippen molar-refractivity contribution in [1.29, 1.82) is 5.26 Å². The normalized spacial score (nSPS) is 10.9. The third-order valence-corrected chi connectivity index (χ3v) is 4.37. The molecule has 0 radical (unpaired) electrons. The van der Waals surface area contributed by atoms with Gasteiger partial charge >= 0.3 is 0 Å². The molecule has 0 aliphatic carbocycles. The topological polar surface area (TPSA) is 76.3 Å². The lowest BCUT2D eigenvalue weighted by atomic mass is 10.0. The van der Waals surface area contributed by atoms with Gasteiger partial charge in [0.15, 0.2) is 0 Å². The van der Waals surface area contributed by atoms with Crippen molar-refractivity contribution in [1.82, 2.24) is 14.4 Å². The van der Waals surface area contributed by atoms with E-state index in [-0.39, 0.29) is 0 Å². The second-order valence-corrected chi connectivity index (χ2v) is 5.94. The van der Waals surface area contributed by atoms with Crippen molar-refractivity contribution in [2.45, 2.75) is 0 Å². The number of nitriles is 1. The number of furan rings is 1. The summed E-state index contributed by atoms with van der Waals surface area (Å²) in [5.74, 6) is 0.976. The van der Waals surface area contributed by atoms with Crippen LogP contribution in [0.3, 0.4) is 0 Å². The summed E-state index contributed by atoms with van der Waals surface area (Å²) in [5.41, 5.74) is 3.73. The second-order valence-electron chi connectivity index (χ2n) is 5.94. The molecule has 0 N–H and O–H groups in total. The van der Waals surface area contributed by atoms with E-state index in [2.05, 4.69) is 16.0 Å². The van der Waals surface area contributed by atoms with E-state index < -0.39 is 0 Å². The highest BCUT2D eigenvalue weighted by molar-refractivity contribution is 5.82. The van der Waals surface area contributed by atoms with Crippen LogP contribution in [0.25, 0.3) is 27.9 Å². The Morgan fingerprint density at radius 2 is 2.00 bits per heavy atom. The molecule has 27 heavy (non-hydrogen) atoms. The van der Waals surface area contributed by atoms with E-state index in [4.69, 9.17) is 9.15 Å². The number of aromatic nitrogens is 3. The van der Waals surface area contributed by atoms with Gasteiger partial charge in [0.25, 0.3) is 0 Å². The highest BCUT2D eigenvalue weighted by Gasteiger charge is 2.12. The van der Waals surface area contributed by atoms with Gasteiger partial charge in [-0.1, -0.05) is 6.07 Å². The number of hydrogen-bond acceptors (Lipinski definition) is 5. The van der Waals surface area contributed by atoms with Gasteiger partial charge in [0.2, 0.25) is 5.88 Å². The largest absolute Gasteiger partial charge is 0.464 e. The van der Waals surface area contributed by atoms with Crippen LogP contribution >= 0.6 is 0 Å². The third kappa shape index (κ3) is 2.50. The Kier molecular flexibility index (Phi) is 3.37. The van der Waals surface area contributed by atoms with E-state index in [1.807, 2.05) is 40.9 Å². The number of ether oxygens (including phenoxy) is 1. The highest BCUT2D eigenvalue weighted by Crippen LogP contribution is 2.32. The maximum absolute atomic E-state index is 9.67. The van der Waals surface area contributed by atoms with Crippen LogP contribution in [0.5, 0.6) is 11.6 Å². The molecular formula is C21H12N4O2. The molecule has 0 atom stereocenters. The van der Waals surface area contributed by atoms with Crippen LogP contribution in [0.15, 0.2) is 77.8 Å². The predicted molar refractivity (Wildman–Crippen MR) is 99.4 cm³/mol. The molecule has 0 aliphatic heterocycles. The maximum atomic E-state index is 9.67. The molecule has 5 aromatic rings. The number of fused-ring (bicyclic) bond motifs is 2. The van der Waals surface area contributed by atoms with Crippen LogP contribution in [-0.2, 0) is 0 Å². The van der Waals surface area contributed by atoms with Crippen molar-refractivity contribution in [3.8, 4) is 29.0 Å². The van der Waals surface area contributed by atoms with Gasteiger partial charge in [0.1, 0.15) is 17.0 Å². The molecule has 0 spiro atoms. The summed E-state index contributed by atoms with van der Waals surface area (Å²) in [6.07, 6.45) is 6.83. The second kappa shape index (κ2) is 6.00. The molecule has 6 heteroatoms. The average Bonchev–Trinajstić information content (AvgIpc) is 3.37. The minimum absolute atomic E-state index is 0.439. The van der Waals surface area contributed by atoms with Gasteiger partial charge in [0, 0.05) is 24.2 Å². The third-order valence-electron chi connectivity index (χ3n) is 4.37. The van der Waals surface area contributed by atoms with Gasteiger partial charge in [-0.3, -0.25) is 4.40 Å². The van der Waals surface area contributed by atoms with Crippen molar-refractivity contribution < 1.29 is 9.15 Å². The van der Waals surface area contributed by atoms with Crippen molar-refractivity contribution in [3.05, 3.63) is 78.9 Å². The molecule has 0 saturated heterocycles. The monoisotopic (exact) mass is 352 g/mol. The molecular weight excluding hydrogens is 340 g/mol. The first-order valence-electron chi connectivity index (χ1n) is 8.30. The molecule has 0 bridgehead atoms. The summed E-state index contributed by atoms with van der Waals surface area (Å²) in [5, 5.41) is 10.5. The summed E-state index contributed by atoms with van der Waals surface area (Å²) < 4.78 is 13.2. The Morgan fingerprint density at radius 1 is 1.04 bits per heavy atom. The van der Waals surface area contributed by atoms with Crippen molar-refractivity contribution in [3.63, 3.8) is 0 Å². The molecule has 0 amide bonds. The number of rotatable bonds is 3. The standard InChI is InChI=1S/C21H12N4O2/c22-13-14-12-15(27-21-17-7-11-26-19(17)6-8-24-21)4-5-16(14)18-2-1-3-20-23-9-10-25(18)20/h1-12H. The van der Waals surface area contributed by atoms with Crippen molar-refractivity contribution in [2.75, 3.05) is 0 Å². The summed E-state index contributed by atoms with van der Waals surface area (Å²) in [6, 6.07) is 17.0. The molecule has 0 aliphatic rings. The van der Waals surface area contributed by atoms with Crippen LogP contribution in [0.4, 0.5) is 0 Å². The van der Waals surface area contributed by atoms with Crippen LogP contribution < -0.4 is 4.74 Å². The van der Waals surface area contributed by atoms with Gasteiger partial charge < -0.3 is 9.15 Å². The molecule has 0 saturated carbocycles. The average molecular weight is 352 g/mol. The maximum Gasteiger partial charge on any atom is 0.230 e. The first-order chi connectivity index (χ1) is 13.3. The summed E-state index contributed by atoms with van der Waals surface area (Å²) in [7, 11) is 0. The number of hydrogen-bond donors (Lipinski definition) is 0. The fourth-order valence-corrected chi connectivity index (χ4v) is 3.13. The Bertz CT molecular complexity index is 1330. The molecule has 6 nitrogen and oxygen atoms in total. The van der Waals surface area contributed by atoms with Gasteiger partial charge in [-0.15, -0.1) is 0 Å². The fraction of sp³-hybridized carbons (Fsp3) is 0. The molecule has 5 rings (SSSR count). The first kappa shape index (κ1) is 15.2. The summed E-state index contributed by atoms with van der Waals surface area (Å²) in [6.45, 7) is 0. The Morgan fingerprint density at radius 3 is 2.93 bits per heavy atom. The Labute approximate surface area is 153 Å². The van der Waals surface area contributed by atoms with E-state index in [0.29, 0.717) is 22.8 Å². The SMILES string of the molecule is N#Cc1cc(Oc2nccc3occc23)ccc1-c1cccc2nccn12. The van der Waals surface area contributed by atoms with E-state index in [1.54, 1.807) is 36.9 Å². The fourth-order valence-electron chi connectivity index (χ4n) is 3.13. The number of nitrogens with zero attached hydrogens (tertiary/aromatic N) is 4. The Hall–Kier alpha value is -4.11. The van der Waals surface area contributed by atoms with Crippen LogP contribution in [0.1, 0.15) is 5.56 Å². The van der Waals surface area contributed by atoms with Gasteiger partial charge in [-0.2, -0.15) is 5.26 Å². The minimum atomic E-state index is 0.439. The molecule has 0 fully saturated rings. The molecule has 4 aromatic heterocycles. The zero-order chi connectivity index (χ0) is 18.2.